The van der Waals surface area contributed by atoms with Gasteiger partial charge in [-0.1, -0.05) is 66.7 Å². The Hall–Kier alpha value is -5.19. The first-order valence-electron chi connectivity index (χ1n) is 14.1. The van der Waals surface area contributed by atoms with Crippen LogP contribution in [0.25, 0.3) is 47.9 Å². The average molecular weight is 558 g/mol. The minimum Gasteiger partial charge on any atom is -0.317 e. The van der Waals surface area contributed by atoms with Crippen molar-refractivity contribution in [2.24, 2.45) is 0 Å². The molecule has 42 heavy (non-hydrogen) atoms. The van der Waals surface area contributed by atoms with Crippen LogP contribution in [0.4, 0.5) is 17.2 Å². The maximum absolute atomic E-state index is 5.03. The molecule has 0 unspecified atom stereocenters. The third kappa shape index (κ3) is 4.16. The van der Waals surface area contributed by atoms with Crippen molar-refractivity contribution < 1.29 is 0 Å². The first-order chi connectivity index (χ1) is 20.7. The van der Waals surface area contributed by atoms with Gasteiger partial charge in [-0.3, -0.25) is 4.90 Å². The Bertz CT molecular complexity index is 2190. The lowest BCUT2D eigenvalue weighted by molar-refractivity contribution is 1.13. The van der Waals surface area contributed by atoms with Gasteiger partial charge in [0.25, 0.3) is 0 Å². The van der Waals surface area contributed by atoms with E-state index >= 15 is 0 Å². The number of rotatable bonds is 5. The number of aromatic nitrogens is 2. The molecule has 0 saturated heterocycles. The van der Waals surface area contributed by atoms with Crippen LogP contribution in [-0.4, -0.2) is 9.55 Å². The molecule has 3 aromatic heterocycles. The molecule has 0 saturated carbocycles. The Balaban J connectivity index is 1.30. The van der Waals surface area contributed by atoms with Crippen LogP contribution in [0.5, 0.6) is 0 Å². The zero-order valence-corrected chi connectivity index (χ0v) is 23.9. The van der Waals surface area contributed by atoms with Crippen LogP contribution in [0.15, 0.2) is 146 Å². The fourth-order valence-electron chi connectivity index (χ4n) is 5.91. The molecule has 0 bridgehead atoms. The summed E-state index contributed by atoms with van der Waals surface area (Å²) >= 11 is 1.85. The highest BCUT2D eigenvalue weighted by molar-refractivity contribution is 7.25. The third-order valence-electron chi connectivity index (χ3n) is 7.99. The highest BCUT2D eigenvalue weighted by atomic mass is 32.1. The van der Waals surface area contributed by atoms with Gasteiger partial charge >= 0.3 is 0 Å². The van der Waals surface area contributed by atoms with Crippen LogP contribution in [0, 0.1) is 6.92 Å². The Morgan fingerprint density at radius 1 is 0.643 bits per heavy atom. The summed E-state index contributed by atoms with van der Waals surface area (Å²) in [6, 6.07) is 47.5. The smallest absolute Gasteiger partial charge is 0.137 e. The zero-order chi connectivity index (χ0) is 28.0. The van der Waals surface area contributed by atoms with Crippen LogP contribution in [0.2, 0.25) is 0 Å². The van der Waals surface area contributed by atoms with E-state index in [2.05, 4.69) is 150 Å². The second-order valence-corrected chi connectivity index (χ2v) is 11.7. The van der Waals surface area contributed by atoms with Gasteiger partial charge in [0, 0.05) is 54.9 Å². The summed E-state index contributed by atoms with van der Waals surface area (Å²) in [5.74, 6) is 0.889. The maximum atomic E-state index is 5.03. The molecular formula is C38H27N3S. The van der Waals surface area contributed by atoms with Gasteiger partial charge in [0.15, 0.2) is 0 Å². The summed E-state index contributed by atoms with van der Waals surface area (Å²) < 4.78 is 4.83. The molecule has 0 N–H and O–H groups in total. The van der Waals surface area contributed by atoms with E-state index in [1.807, 2.05) is 23.6 Å². The number of para-hydroxylation sites is 1. The van der Waals surface area contributed by atoms with E-state index in [9.17, 15) is 0 Å². The highest BCUT2D eigenvalue weighted by Gasteiger charge is 2.19. The number of nitrogens with zero attached hydrogens (tertiary/aromatic N) is 3. The van der Waals surface area contributed by atoms with E-state index < -0.39 is 0 Å². The maximum Gasteiger partial charge on any atom is 0.137 e. The van der Waals surface area contributed by atoms with Crippen molar-refractivity contribution in [1.29, 1.82) is 0 Å². The molecule has 8 rings (SSSR count). The predicted molar refractivity (Wildman–Crippen MR) is 179 cm³/mol. The number of hydrogen-bond acceptors (Lipinski definition) is 3. The molecule has 5 aromatic carbocycles. The summed E-state index contributed by atoms with van der Waals surface area (Å²) in [6.45, 7) is 2.21. The lowest BCUT2D eigenvalue weighted by atomic mass is 10.1. The van der Waals surface area contributed by atoms with Crippen LogP contribution in [0.1, 0.15) is 5.56 Å². The van der Waals surface area contributed by atoms with E-state index in [0.717, 1.165) is 34.0 Å². The van der Waals surface area contributed by atoms with Crippen LogP contribution >= 0.6 is 11.3 Å². The Kier molecular flexibility index (Phi) is 5.87. The van der Waals surface area contributed by atoms with E-state index in [0.29, 0.717) is 0 Å². The van der Waals surface area contributed by atoms with Gasteiger partial charge in [-0.05, 0) is 84.8 Å². The van der Waals surface area contributed by atoms with Gasteiger partial charge in [-0.2, -0.15) is 0 Å². The largest absolute Gasteiger partial charge is 0.317 e. The average Bonchev–Trinajstić information content (AvgIpc) is 3.63. The number of hydrogen-bond donors (Lipinski definition) is 0. The Morgan fingerprint density at radius 2 is 1.43 bits per heavy atom. The molecule has 8 aromatic rings. The van der Waals surface area contributed by atoms with Crippen LogP contribution < -0.4 is 4.90 Å². The quantitative estimate of drug-likeness (QED) is 0.210. The van der Waals surface area contributed by atoms with Gasteiger partial charge in [0.1, 0.15) is 5.82 Å². The highest BCUT2D eigenvalue weighted by Crippen LogP contribution is 2.43. The molecule has 0 radical (unpaired) electrons. The number of anilines is 3. The standard InChI is InChI=1S/C38H27N3S/c1-26-22-33-32-14-8-9-15-36(32)42-37(33)24-35(26)41(38-19-16-29(25-39-38)27-10-4-2-5-11-27)31-17-18-34-28(23-31)20-21-40(34)30-12-6-3-7-13-30/h2-25H,1H3. The summed E-state index contributed by atoms with van der Waals surface area (Å²) in [5.41, 5.74) is 8.02. The van der Waals surface area contributed by atoms with Crippen molar-refractivity contribution in [3.8, 4) is 16.8 Å². The second kappa shape index (κ2) is 10.0. The molecule has 0 fully saturated rings. The Labute approximate surface area is 248 Å². The van der Waals surface area contributed by atoms with E-state index in [1.165, 1.54) is 36.6 Å². The summed E-state index contributed by atoms with van der Waals surface area (Å²) in [5, 5.41) is 3.80. The van der Waals surface area contributed by atoms with Gasteiger partial charge in [-0.25, -0.2) is 4.98 Å². The molecule has 4 heteroatoms. The topological polar surface area (TPSA) is 21.1 Å². The third-order valence-corrected chi connectivity index (χ3v) is 9.12. The normalized spacial score (nSPS) is 11.5. The number of pyridine rings is 1. The summed E-state index contributed by atoms with van der Waals surface area (Å²) in [7, 11) is 0. The summed E-state index contributed by atoms with van der Waals surface area (Å²) in [4.78, 5) is 7.33. The molecule has 3 heterocycles. The van der Waals surface area contributed by atoms with Crippen molar-refractivity contribution in [3.05, 3.63) is 151 Å². The SMILES string of the molecule is Cc1cc2c(cc1N(c1ccc3c(ccn3-c3ccccc3)c1)c1ccc(-c3ccccc3)cn1)sc1ccccc12. The Morgan fingerprint density at radius 3 is 2.24 bits per heavy atom. The molecule has 200 valence electrons. The number of benzene rings is 5. The molecule has 0 amide bonds. The van der Waals surface area contributed by atoms with Gasteiger partial charge < -0.3 is 4.57 Å². The molecular weight excluding hydrogens is 531 g/mol. The van der Waals surface area contributed by atoms with E-state index in [4.69, 9.17) is 4.98 Å². The van der Waals surface area contributed by atoms with Gasteiger partial charge in [-0.15, -0.1) is 11.3 Å². The zero-order valence-electron chi connectivity index (χ0n) is 23.1. The molecule has 0 atom stereocenters. The molecule has 3 nitrogen and oxygen atoms in total. The van der Waals surface area contributed by atoms with Gasteiger partial charge in [0.2, 0.25) is 0 Å². The van der Waals surface area contributed by atoms with Crippen LogP contribution in [0.3, 0.4) is 0 Å². The molecule has 0 aliphatic carbocycles. The fraction of sp³-hybridized carbons (Fsp3) is 0.0263. The van der Waals surface area contributed by atoms with E-state index in [-0.39, 0.29) is 0 Å². The predicted octanol–water partition coefficient (Wildman–Crippen LogP) is 10.8. The van der Waals surface area contributed by atoms with E-state index in [1.54, 1.807) is 0 Å². The molecule has 0 aliphatic rings. The van der Waals surface area contributed by atoms with Crippen molar-refractivity contribution in [1.82, 2.24) is 9.55 Å². The minimum atomic E-state index is 0.889. The van der Waals surface area contributed by atoms with Crippen molar-refractivity contribution in [2.75, 3.05) is 4.90 Å². The molecule has 0 aliphatic heterocycles. The monoisotopic (exact) mass is 557 g/mol. The number of thiophene rings is 1. The first kappa shape index (κ1) is 24.6. The number of fused-ring (bicyclic) bond motifs is 4. The second-order valence-electron chi connectivity index (χ2n) is 10.6. The lowest BCUT2D eigenvalue weighted by Gasteiger charge is -2.26. The van der Waals surface area contributed by atoms with Crippen molar-refractivity contribution in [3.63, 3.8) is 0 Å². The summed E-state index contributed by atoms with van der Waals surface area (Å²) in [6.07, 6.45) is 4.13. The first-order valence-corrected chi connectivity index (χ1v) is 14.9. The minimum absolute atomic E-state index is 0.889. The van der Waals surface area contributed by atoms with Crippen molar-refractivity contribution in [2.45, 2.75) is 6.92 Å². The lowest BCUT2D eigenvalue weighted by Crippen LogP contribution is -2.12. The molecule has 0 spiro atoms. The van der Waals surface area contributed by atoms with Crippen molar-refractivity contribution >= 4 is 59.6 Å². The number of aryl methyl sites for hydroxylation is 1. The van der Waals surface area contributed by atoms with Crippen LogP contribution in [-0.2, 0) is 0 Å². The fourth-order valence-corrected chi connectivity index (χ4v) is 7.03. The van der Waals surface area contributed by atoms with Gasteiger partial charge in [0.05, 0.1) is 11.2 Å².